The molecule has 1 amide bonds. The number of nitrogens with zero attached hydrogens (tertiary/aromatic N) is 3. The van der Waals surface area contributed by atoms with Gasteiger partial charge in [0.05, 0.1) is 6.42 Å². The van der Waals surface area contributed by atoms with Gasteiger partial charge >= 0.3 is 5.97 Å². The lowest BCUT2D eigenvalue weighted by Crippen LogP contribution is -2.47. The van der Waals surface area contributed by atoms with E-state index in [4.69, 9.17) is 5.11 Å². The Balaban J connectivity index is 0.00000200. The van der Waals surface area contributed by atoms with E-state index in [0.717, 1.165) is 5.56 Å². The second-order valence-electron chi connectivity index (χ2n) is 3.94. The molecule has 0 spiro atoms. The van der Waals surface area contributed by atoms with Gasteiger partial charge in [-0.1, -0.05) is 30.3 Å². The Hall–Kier alpha value is -2.22. The van der Waals surface area contributed by atoms with Crippen LogP contribution < -0.4 is 10.1 Å². The molecular weight excluding hydrogens is 328 g/mol. The fraction of sp³-hybridized carbons (Fsp3) is 0.167. The van der Waals surface area contributed by atoms with Crippen LogP contribution in [0, 0.1) is 0 Å². The minimum absolute atomic E-state index is 0. The van der Waals surface area contributed by atoms with Crippen LogP contribution in [0.2, 0.25) is 0 Å². The zero-order valence-electron chi connectivity index (χ0n) is 10.5. The fourth-order valence-corrected chi connectivity index (χ4v) is 1.57. The molecule has 0 radical (unpaired) electrons. The van der Waals surface area contributed by atoms with Crippen LogP contribution in [0.1, 0.15) is 5.56 Å². The van der Waals surface area contributed by atoms with Crippen molar-refractivity contribution in [3.05, 3.63) is 48.5 Å². The quantitative estimate of drug-likeness (QED) is 0.757. The lowest BCUT2D eigenvalue weighted by molar-refractivity contribution is -0.643. The van der Waals surface area contributed by atoms with E-state index in [1.807, 2.05) is 30.3 Å². The number of carbonyl (C=O) groups excluding carboxylic acids is 1. The number of carboxylic acids is 1. The molecule has 0 unspecified atom stereocenters. The number of rotatable bonds is 5. The highest BCUT2D eigenvalue weighted by Crippen LogP contribution is 1.98. The summed E-state index contributed by atoms with van der Waals surface area (Å²) in [4.78, 5) is 22.2. The zero-order valence-corrected chi connectivity index (χ0v) is 12.2. The Morgan fingerprint density at radius 2 is 2.00 bits per heavy atom. The average molecular weight is 342 g/mol. The Morgan fingerprint density at radius 1 is 1.30 bits per heavy atom. The monoisotopic (exact) mass is 341 g/mol. The van der Waals surface area contributed by atoms with Crippen LogP contribution in [0.25, 0.3) is 0 Å². The van der Waals surface area contributed by atoms with Crippen molar-refractivity contribution in [2.75, 3.05) is 5.43 Å². The third-order valence-electron chi connectivity index (χ3n) is 2.34. The first kappa shape index (κ1) is 15.8. The van der Waals surface area contributed by atoms with Gasteiger partial charge in [-0.15, -0.1) is 26.3 Å². The summed E-state index contributed by atoms with van der Waals surface area (Å²) in [5.41, 5.74) is 3.49. The van der Waals surface area contributed by atoms with E-state index in [1.54, 1.807) is 0 Å². The molecule has 106 valence electrons. The molecule has 2 aromatic rings. The zero-order chi connectivity index (χ0) is 13.7. The van der Waals surface area contributed by atoms with Gasteiger partial charge in [-0.05, 0) is 5.56 Å². The van der Waals surface area contributed by atoms with E-state index in [-0.39, 0.29) is 35.9 Å². The number of carbonyl (C=O) groups is 2. The minimum Gasteiger partial charge on any atom is -0.479 e. The predicted octanol–water partition coefficient (Wildman–Crippen LogP) is 0.146. The van der Waals surface area contributed by atoms with E-state index in [1.165, 1.54) is 22.0 Å². The van der Waals surface area contributed by atoms with E-state index < -0.39 is 5.97 Å². The molecule has 7 nitrogen and oxygen atoms in total. The van der Waals surface area contributed by atoms with Crippen molar-refractivity contribution < 1.29 is 19.4 Å². The molecule has 0 saturated carbocycles. The highest BCUT2D eigenvalue weighted by molar-refractivity contribution is 8.93. The molecule has 0 bridgehead atoms. The van der Waals surface area contributed by atoms with Crippen molar-refractivity contribution in [3.8, 4) is 0 Å². The number of nitrogens with one attached hydrogen (secondary N) is 1. The minimum atomic E-state index is -0.995. The van der Waals surface area contributed by atoms with Crippen LogP contribution in [-0.4, -0.2) is 26.8 Å². The van der Waals surface area contributed by atoms with Gasteiger partial charge in [0.1, 0.15) is 0 Å². The van der Waals surface area contributed by atoms with E-state index in [9.17, 15) is 9.59 Å². The molecule has 0 aliphatic carbocycles. The van der Waals surface area contributed by atoms with Gasteiger partial charge in [-0.2, -0.15) is 0 Å². The molecule has 1 aromatic heterocycles. The summed E-state index contributed by atoms with van der Waals surface area (Å²) >= 11 is 0. The summed E-state index contributed by atoms with van der Waals surface area (Å²) in [5, 5.41) is 12.4. The highest BCUT2D eigenvalue weighted by atomic mass is 79.9. The molecule has 0 saturated heterocycles. The van der Waals surface area contributed by atoms with Crippen molar-refractivity contribution in [3.63, 3.8) is 0 Å². The Morgan fingerprint density at radius 3 is 2.65 bits per heavy atom. The van der Waals surface area contributed by atoms with Crippen LogP contribution in [-0.2, 0) is 22.6 Å². The lowest BCUT2D eigenvalue weighted by atomic mass is 10.1. The van der Waals surface area contributed by atoms with Crippen LogP contribution in [0.4, 0.5) is 0 Å². The first-order chi connectivity index (χ1) is 9.13. The van der Waals surface area contributed by atoms with Crippen LogP contribution in [0.3, 0.4) is 0 Å². The van der Waals surface area contributed by atoms with Crippen molar-refractivity contribution in [2.24, 2.45) is 0 Å². The largest absolute Gasteiger partial charge is 0.479 e. The molecule has 0 atom stereocenters. The van der Waals surface area contributed by atoms with Crippen molar-refractivity contribution in [1.82, 2.24) is 9.78 Å². The maximum Gasteiger partial charge on any atom is 0.341 e. The second-order valence-corrected chi connectivity index (χ2v) is 3.94. The van der Waals surface area contributed by atoms with Gasteiger partial charge in [0.25, 0.3) is 12.2 Å². The lowest BCUT2D eigenvalue weighted by Gasteiger charge is -2.00. The van der Waals surface area contributed by atoms with Gasteiger partial charge in [0.15, 0.2) is 0 Å². The molecule has 1 heterocycles. The summed E-state index contributed by atoms with van der Waals surface area (Å²) in [6, 6.07) is 9.32. The number of aliphatic carboxylic acids is 1. The molecule has 0 fully saturated rings. The van der Waals surface area contributed by atoms with Gasteiger partial charge in [0.2, 0.25) is 12.9 Å². The summed E-state index contributed by atoms with van der Waals surface area (Å²) in [7, 11) is 0. The van der Waals surface area contributed by atoms with Crippen LogP contribution >= 0.6 is 17.0 Å². The number of carboxylic acid groups (broad SMARTS) is 1. The van der Waals surface area contributed by atoms with Crippen molar-refractivity contribution >= 4 is 28.9 Å². The standard InChI is InChI=1S/C12H12N4O3.BrH/c17-11(6-10-4-2-1-3-5-10)14-16-8-13-15(9-16)7-12(18)19;/h1-5,8-9H,6-7H2,(H-,14,17,18,19);1H/p+1. The molecule has 2 rings (SSSR count). The molecule has 1 aromatic carbocycles. The highest BCUT2D eigenvalue weighted by Gasteiger charge is 2.11. The molecule has 0 aliphatic rings. The number of benzene rings is 1. The van der Waals surface area contributed by atoms with Gasteiger partial charge in [0, 0.05) is 5.10 Å². The van der Waals surface area contributed by atoms with Crippen LogP contribution in [0.5, 0.6) is 0 Å². The third kappa shape index (κ3) is 4.81. The number of halogens is 1. The second kappa shape index (κ2) is 7.39. The number of hydrogen-bond donors (Lipinski definition) is 2. The average Bonchev–Trinajstić information content (AvgIpc) is 2.76. The van der Waals surface area contributed by atoms with E-state index in [2.05, 4.69) is 10.5 Å². The normalized spacial score (nSPS) is 9.60. The van der Waals surface area contributed by atoms with E-state index in [0.29, 0.717) is 0 Å². The molecule has 0 aliphatic heterocycles. The summed E-state index contributed by atoms with van der Waals surface area (Å²) in [6.45, 7) is -0.248. The SMILES string of the molecule is Br.O=C(O)Cn1c[n+](NC(=O)Cc2ccccc2)cn1. The van der Waals surface area contributed by atoms with Gasteiger partial charge in [-0.3, -0.25) is 4.79 Å². The van der Waals surface area contributed by atoms with Gasteiger partial charge in [-0.25, -0.2) is 10.2 Å². The fourth-order valence-electron chi connectivity index (χ4n) is 1.57. The smallest absolute Gasteiger partial charge is 0.341 e. The number of aromatic nitrogens is 3. The Labute approximate surface area is 125 Å². The van der Waals surface area contributed by atoms with E-state index >= 15 is 0 Å². The maximum absolute atomic E-state index is 11.7. The summed E-state index contributed by atoms with van der Waals surface area (Å²) < 4.78 is 2.54. The molecular formula is C12H14BrN4O3+. The van der Waals surface area contributed by atoms with Crippen molar-refractivity contribution in [1.29, 1.82) is 0 Å². The van der Waals surface area contributed by atoms with Crippen LogP contribution in [0.15, 0.2) is 43.0 Å². The maximum atomic E-state index is 11.7. The van der Waals surface area contributed by atoms with Crippen molar-refractivity contribution in [2.45, 2.75) is 13.0 Å². The Bertz CT molecular complexity index is 585. The summed E-state index contributed by atoms with van der Waals surface area (Å²) in [5.74, 6) is -1.20. The third-order valence-corrected chi connectivity index (χ3v) is 2.34. The number of hydrogen-bond acceptors (Lipinski definition) is 3. The number of amides is 1. The first-order valence-electron chi connectivity index (χ1n) is 5.63. The molecule has 2 N–H and O–H groups in total. The molecule has 20 heavy (non-hydrogen) atoms. The predicted molar refractivity (Wildman–Crippen MR) is 74.9 cm³/mol. The topological polar surface area (TPSA) is 88.1 Å². The summed E-state index contributed by atoms with van der Waals surface area (Å²) in [6.07, 6.45) is 2.99. The Kier molecular flexibility index (Phi) is 5.85. The van der Waals surface area contributed by atoms with Gasteiger partial charge < -0.3 is 5.11 Å². The first-order valence-corrected chi connectivity index (χ1v) is 5.63. The molecule has 8 heteroatoms.